The third-order valence-electron chi connectivity index (χ3n) is 3.60. The van der Waals surface area contributed by atoms with E-state index in [0.717, 1.165) is 0 Å². The van der Waals surface area contributed by atoms with Crippen LogP contribution >= 0.6 is 0 Å². The maximum atomic E-state index is 4.00. The van der Waals surface area contributed by atoms with Gasteiger partial charge in [0.05, 0.1) is 0 Å². The Kier molecular flexibility index (Phi) is 3.56. The van der Waals surface area contributed by atoms with Gasteiger partial charge >= 0.3 is 0 Å². The maximum absolute atomic E-state index is 4.00. The molecule has 0 heteroatoms. The summed E-state index contributed by atoms with van der Waals surface area (Å²) >= 11 is 0. The highest BCUT2D eigenvalue weighted by atomic mass is 14.2. The van der Waals surface area contributed by atoms with E-state index < -0.39 is 0 Å². The van der Waals surface area contributed by atoms with Gasteiger partial charge in [-0.1, -0.05) is 70.7 Å². The zero-order valence-electron chi connectivity index (χ0n) is 11.8. The van der Waals surface area contributed by atoms with Crippen molar-refractivity contribution in [1.29, 1.82) is 0 Å². The minimum absolute atomic E-state index is 0.528. The summed E-state index contributed by atoms with van der Waals surface area (Å²) in [7, 11) is 0. The van der Waals surface area contributed by atoms with Gasteiger partial charge in [-0.3, -0.25) is 0 Å². The number of hydrogen-bond acceptors (Lipinski definition) is 0. The lowest BCUT2D eigenvalue weighted by Gasteiger charge is -2.18. The molecule has 18 heavy (non-hydrogen) atoms. The van der Waals surface area contributed by atoms with Crippen LogP contribution in [0.1, 0.15) is 56.2 Å². The van der Waals surface area contributed by atoms with Crippen molar-refractivity contribution in [2.24, 2.45) is 0 Å². The fraction of sp³-hybridized carbons (Fsp3) is 0.333. The van der Waals surface area contributed by atoms with Gasteiger partial charge in [0.15, 0.2) is 0 Å². The first-order chi connectivity index (χ1) is 8.56. The topological polar surface area (TPSA) is 0 Å². The molecule has 0 spiro atoms. The van der Waals surface area contributed by atoms with E-state index in [2.05, 4.69) is 64.6 Å². The van der Waals surface area contributed by atoms with Gasteiger partial charge in [0.2, 0.25) is 0 Å². The Morgan fingerprint density at radius 2 is 1.44 bits per heavy atom. The lowest BCUT2D eigenvalue weighted by atomic mass is 9.86. The van der Waals surface area contributed by atoms with Crippen LogP contribution in [0.15, 0.2) is 36.9 Å². The third kappa shape index (κ3) is 2.08. The van der Waals surface area contributed by atoms with E-state index in [1.54, 1.807) is 0 Å². The van der Waals surface area contributed by atoms with Crippen molar-refractivity contribution in [1.82, 2.24) is 0 Å². The Bertz CT molecular complexity index is 574. The molecular weight excluding hydrogens is 216 g/mol. The van der Waals surface area contributed by atoms with Crippen molar-refractivity contribution >= 4 is 16.8 Å². The highest BCUT2D eigenvalue weighted by Gasteiger charge is 2.13. The SMILES string of the molecule is C=Cc1c(C(C)C)cc(C(C)C)c2ccccc12. The number of benzene rings is 2. The summed E-state index contributed by atoms with van der Waals surface area (Å²) in [6, 6.07) is 11.0. The van der Waals surface area contributed by atoms with Crippen molar-refractivity contribution in [2.75, 3.05) is 0 Å². The van der Waals surface area contributed by atoms with Gasteiger partial charge in [0.1, 0.15) is 0 Å². The normalized spacial score (nSPS) is 11.4. The van der Waals surface area contributed by atoms with Crippen LogP contribution < -0.4 is 0 Å². The summed E-state index contributed by atoms with van der Waals surface area (Å²) in [6.07, 6.45) is 2.00. The average Bonchev–Trinajstić information content (AvgIpc) is 2.36. The molecule has 0 nitrogen and oxygen atoms in total. The van der Waals surface area contributed by atoms with Crippen molar-refractivity contribution in [2.45, 2.75) is 39.5 Å². The summed E-state index contributed by atoms with van der Waals surface area (Å²) in [5, 5.41) is 2.70. The smallest absolute Gasteiger partial charge is 0.0106 e. The predicted molar refractivity (Wildman–Crippen MR) is 82.2 cm³/mol. The van der Waals surface area contributed by atoms with Crippen LogP contribution in [0.5, 0.6) is 0 Å². The molecule has 2 aromatic carbocycles. The summed E-state index contributed by atoms with van der Waals surface area (Å²) in [5.41, 5.74) is 4.15. The maximum Gasteiger partial charge on any atom is -0.0106 e. The largest absolute Gasteiger partial charge is 0.0984 e. The first-order valence-corrected chi connectivity index (χ1v) is 6.74. The van der Waals surface area contributed by atoms with Crippen LogP contribution in [0.25, 0.3) is 16.8 Å². The molecule has 0 atom stereocenters. The van der Waals surface area contributed by atoms with Crippen molar-refractivity contribution in [3.05, 3.63) is 53.6 Å². The van der Waals surface area contributed by atoms with Crippen LogP contribution in [0, 0.1) is 0 Å². The molecule has 0 aliphatic carbocycles. The molecule has 0 heterocycles. The molecule has 0 unspecified atom stereocenters. The molecule has 2 rings (SSSR count). The van der Waals surface area contributed by atoms with Crippen LogP contribution in [0.4, 0.5) is 0 Å². The van der Waals surface area contributed by atoms with Crippen molar-refractivity contribution < 1.29 is 0 Å². The molecule has 0 N–H and O–H groups in total. The van der Waals surface area contributed by atoms with E-state index in [4.69, 9.17) is 0 Å². The van der Waals surface area contributed by atoms with Crippen LogP contribution in [0.2, 0.25) is 0 Å². The van der Waals surface area contributed by atoms with Gasteiger partial charge in [0.25, 0.3) is 0 Å². The fourth-order valence-electron chi connectivity index (χ4n) is 2.63. The Balaban J connectivity index is 2.91. The molecule has 0 bridgehead atoms. The molecule has 0 saturated carbocycles. The van der Waals surface area contributed by atoms with Crippen LogP contribution in [-0.4, -0.2) is 0 Å². The lowest BCUT2D eigenvalue weighted by Crippen LogP contribution is -1.99. The van der Waals surface area contributed by atoms with Gasteiger partial charge in [0, 0.05) is 0 Å². The molecule has 0 aromatic heterocycles. The van der Waals surface area contributed by atoms with Gasteiger partial charge < -0.3 is 0 Å². The third-order valence-corrected chi connectivity index (χ3v) is 3.60. The van der Waals surface area contributed by atoms with E-state index in [0.29, 0.717) is 11.8 Å². The molecule has 0 saturated heterocycles. The molecule has 0 amide bonds. The highest BCUT2D eigenvalue weighted by Crippen LogP contribution is 2.34. The second kappa shape index (κ2) is 4.97. The van der Waals surface area contributed by atoms with Crippen LogP contribution in [-0.2, 0) is 0 Å². The zero-order valence-corrected chi connectivity index (χ0v) is 11.8. The summed E-state index contributed by atoms with van der Waals surface area (Å²) in [5.74, 6) is 1.08. The standard InChI is InChI=1S/C18H22/c1-6-14-15-9-7-8-10-16(15)18(13(4)5)11-17(14)12(2)3/h6-13H,1H2,2-5H3. The Morgan fingerprint density at radius 3 is 1.94 bits per heavy atom. The molecule has 0 aliphatic rings. The van der Waals surface area contributed by atoms with Crippen molar-refractivity contribution in [3.63, 3.8) is 0 Å². The van der Waals surface area contributed by atoms with Gasteiger partial charge in [-0.05, 0) is 39.3 Å². The van der Waals surface area contributed by atoms with E-state index >= 15 is 0 Å². The van der Waals surface area contributed by atoms with Crippen LogP contribution in [0.3, 0.4) is 0 Å². The highest BCUT2D eigenvalue weighted by molar-refractivity contribution is 5.94. The van der Waals surface area contributed by atoms with Gasteiger partial charge in [-0.2, -0.15) is 0 Å². The second-order valence-corrected chi connectivity index (χ2v) is 5.53. The zero-order chi connectivity index (χ0) is 13.3. The minimum atomic E-state index is 0.528. The average molecular weight is 238 g/mol. The first-order valence-electron chi connectivity index (χ1n) is 6.74. The number of fused-ring (bicyclic) bond motifs is 1. The molecule has 94 valence electrons. The minimum Gasteiger partial charge on any atom is -0.0984 e. The summed E-state index contributed by atoms with van der Waals surface area (Å²) in [6.45, 7) is 13.0. The fourth-order valence-corrected chi connectivity index (χ4v) is 2.63. The Hall–Kier alpha value is -1.56. The second-order valence-electron chi connectivity index (χ2n) is 5.53. The van der Waals surface area contributed by atoms with E-state index in [1.807, 2.05) is 6.08 Å². The van der Waals surface area contributed by atoms with Crippen molar-refractivity contribution in [3.8, 4) is 0 Å². The number of rotatable bonds is 3. The first kappa shape index (κ1) is 12.9. The Labute approximate surface area is 110 Å². The molecule has 0 radical (unpaired) electrons. The predicted octanol–water partition coefficient (Wildman–Crippen LogP) is 5.73. The van der Waals surface area contributed by atoms with Gasteiger partial charge in [-0.15, -0.1) is 0 Å². The molecule has 0 fully saturated rings. The van der Waals surface area contributed by atoms with E-state index in [9.17, 15) is 0 Å². The summed E-state index contributed by atoms with van der Waals surface area (Å²) < 4.78 is 0. The Morgan fingerprint density at radius 1 is 0.889 bits per heavy atom. The quantitative estimate of drug-likeness (QED) is 0.640. The monoisotopic (exact) mass is 238 g/mol. The lowest BCUT2D eigenvalue weighted by molar-refractivity contribution is 0.840. The van der Waals surface area contributed by atoms with E-state index in [1.165, 1.54) is 27.5 Å². The van der Waals surface area contributed by atoms with E-state index in [-0.39, 0.29) is 0 Å². The molecular formula is C18H22. The van der Waals surface area contributed by atoms with Gasteiger partial charge in [-0.25, -0.2) is 0 Å². The summed E-state index contributed by atoms with van der Waals surface area (Å²) in [4.78, 5) is 0. The molecule has 0 aliphatic heterocycles. The number of hydrogen-bond donors (Lipinski definition) is 0. The molecule has 2 aromatic rings.